The third kappa shape index (κ3) is 3.33. The van der Waals surface area contributed by atoms with Crippen molar-refractivity contribution >= 4 is 11.0 Å². The molecule has 1 aromatic heterocycles. The summed E-state index contributed by atoms with van der Waals surface area (Å²) in [5.74, 6) is 2.52. The first-order valence-electron chi connectivity index (χ1n) is 8.13. The average molecular weight is 330 g/mol. The van der Waals surface area contributed by atoms with E-state index >= 15 is 0 Å². The maximum Gasteiger partial charge on any atom is 0.138 e. The second-order valence-corrected chi connectivity index (χ2v) is 5.77. The van der Waals surface area contributed by atoms with Gasteiger partial charge in [0.2, 0.25) is 0 Å². The number of para-hydroxylation sites is 2. The molecule has 1 heterocycles. The van der Waals surface area contributed by atoms with Gasteiger partial charge in [-0.05, 0) is 54.1 Å². The van der Waals surface area contributed by atoms with Crippen molar-refractivity contribution in [1.82, 2.24) is 9.97 Å². The number of H-pyrrole nitrogens is 1. The summed E-state index contributed by atoms with van der Waals surface area (Å²) in [6.45, 7) is 0.501. The summed E-state index contributed by atoms with van der Waals surface area (Å²) in [7, 11) is 1.66. The number of nitrogens with zero attached hydrogens (tertiary/aromatic N) is 1. The van der Waals surface area contributed by atoms with Crippen LogP contribution in [0.25, 0.3) is 22.4 Å². The quantitative estimate of drug-likeness (QED) is 0.571. The number of hydrogen-bond acceptors (Lipinski definition) is 3. The molecule has 0 aliphatic carbocycles. The Morgan fingerprint density at radius 1 is 0.880 bits per heavy atom. The minimum atomic E-state index is 0.501. The van der Waals surface area contributed by atoms with Gasteiger partial charge in [-0.25, -0.2) is 4.98 Å². The number of imidazole rings is 1. The van der Waals surface area contributed by atoms with Gasteiger partial charge >= 0.3 is 0 Å². The van der Waals surface area contributed by atoms with Gasteiger partial charge in [0.1, 0.15) is 23.9 Å². The van der Waals surface area contributed by atoms with Crippen LogP contribution in [0.5, 0.6) is 11.5 Å². The van der Waals surface area contributed by atoms with Crippen LogP contribution in [0.2, 0.25) is 0 Å². The molecule has 0 aliphatic rings. The lowest BCUT2D eigenvalue weighted by Gasteiger charge is -2.08. The molecule has 124 valence electrons. The van der Waals surface area contributed by atoms with E-state index in [1.807, 2.05) is 72.8 Å². The van der Waals surface area contributed by atoms with Crippen LogP contribution in [0.1, 0.15) is 5.56 Å². The van der Waals surface area contributed by atoms with Gasteiger partial charge in [-0.3, -0.25) is 0 Å². The van der Waals surface area contributed by atoms with Crippen molar-refractivity contribution in [2.75, 3.05) is 7.11 Å². The first-order chi connectivity index (χ1) is 12.3. The SMILES string of the molecule is COc1cccc(COc2ccc(-c3nc4ccccc4[nH]3)cc2)c1. The van der Waals surface area contributed by atoms with Gasteiger partial charge in [-0.1, -0.05) is 24.3 Å². The molecule has 3 aromatic carbocycles. The third-order valence-electron chi connectivity index (χ3n) is 4.06. The van der Waals surface area contributed by atoms with Crippen LogP contribution in [0.3, 0.4) is 0 Å². The molecular weight excluding hydrogens is 312 g/mol. The predicted octanol–water partition coefficient (Wildman–Crippen LogP) is 4.82. The van der Waals surface area contributed by atoms with E-state index in [0.717, 1.165) is 39.5 Å². The highest BCUT2D eigenvalue weighted by molar-refractivity contribution is 5.79. The van der Waals surface area contributed by atoms with Gasteiger partial charge in [-0.15, -0.1) is 0 Å². The number of hydrogen-bond donors (Lipinski definition) is 1. The van der Waals surface area contributed by atoms with Gasteiger partial charge in [0.05, 0.1) is 18.1 Å². The molecule has 0 saturated carbocycles. The van der Waals surface area contributed by atoms with Gasteiger partial charge in [-0.2, -0.15) is 0 Å². The summed E-state index contributed by atoms with van der Waals surface area (Å²) in [6.07, 6.45) is 0. The summed E-state index contributed by atoms with van der Waals surface area (Å²) in [4.78, 5) is 7.95. The normalized spacial score (nSPS) is 10.8. The zero-order valence-electron chi connectivity index (χ0n) is 13.9. The molecule has 0 radical (unpaired) electrons. The van der Waals surface area contributed by atoms with E-state index in [2.05, 4.69) is 9.97 Å². The Bertz CT molecular complexity index is 957. The van der Waals surface area contributed by atoms with Crippen molar-refractivity contribution in [2.45, 2.75) is 6.61 Å². The number of aromatic amines is 1. The molecular formula is C21H18N2O2. The fourth-order valence-electron chi connectivity index (χ4n) is 2.73. The van der Waals surface area contributed by atoms with Crippen LogP contribution in [0.4, 0.5) is 0 Å². The molecule has 4 heteroatoms. The first-order valence-corrected chi connectivity index (χ1v) is 8.13. The molecule has 0 bridgehead atoms. The molecule has 0 atom stereocenters. The zero-order chi connectivity index (χ0) is 17.1. The van der Waals surface area contributed by atoms with Crippen LogP contribution in [-0.4, -0.2) is 17.1 Å². The highest BCUT2D eigenvalue weighted by atomic mass is 16.5. The van der Waals surface area contributed by atoms with Crippen LogP contribution in [0.15, 0.2) is 72.8 Å². The van der Waals surface area contributed by atoms with E-state index in [-0.39, 0.29) is 0 Å². The van der Waals surface area contributed by atoms with Crippen LogP contribution in [0, 0.1) is 0 Å². The number of nitrogens with one attached hydrogen (secondary N) is 1. The third-order valence-corrected chi connectivity index (χ3v) is 4.06. The number of rotatable bonds is 5. The lowest BCUT2D eigenvalue weighted by molar-refractivity contribution is 0.305. The van der Waals surface area contributed by atoms with Gasteiger partial charge in [0.15, 0.2) is 0 Å². The Kier molecular flexibility index (Phi) is 4.09. The predicted molar refractivity (Wildman–Crippen MR) is 98.9 cm³/mol. The summed E-state index contributed by atoms with van der Waals surface area (Å²) >= 11 is 0. The second-order valence-electron chi connectivity index (χ2n) is 5.77. The molecule has 0 aliphatic heterocycles. The Balaban J connectivity index is 1.48. The number of benzene rings is 3. The summed E-state index contributed by atoms with van der Waals surface area (Å²) in [6, 6.07) is 23.8. The van der Waals surface area contributed by atoms with Gasteiger partial charge in [0, 0.05) is 5.56 Å². The smallest absolute Gasteiger partial charge is 0.138 e. The van der Waals surface area contributed by atoms with Crippen molar-refractivity contribution in [3.05, 3.63) is 78.4 Å². The lowest BCUT2D eigenvalue weighted by atomic mass is 10.2. The average Bonchev–Trinajstić information content (AvgIpc) is 3.11. The van der Waals surface area contributed by atoms with Crippen molar-refractivity contribution in [3.63, 3.8) is 0 Å². The summed E-state index contributed by atoms with van der Waals surface area (Å²) < 4.78 is 11.1. The summed E-state index contributed by atoms with van der Waals surface area (Å²) in [5.41, 5.74) is 4.11. The molecule has 0 amide bonds. The Morgan fingerprint density at radius 2 is 1.72 bits per heavy atom. The number of methoxy groups -OCH3 is 1. The van der Waals surface area contributed by atoms with Crippen LogP contribution < -0.4 is 9.47 Å². The fourth-order valence-corrected chi connectivity index (χ4v) is 2.73. The lowest BCUT2D eigenvalue weighted by Crippen LogP contribution is -1.96. The minimum absolute atomic E-state index is 0.501. The molecule has 4 nitrogen and oxygen atoms in total. The van der Waals surface area contributed by atoms with E-state index < -0.39 is 0 Å². The monoisotopic (exact) mass is 330 g/mol. The van der Waals surface area contributed by atoms with E-state index in [0.29, 0.717) is 6.61 Å². The van der Waals surface area contributed by atoms with Gasteiger partial charge < -0.3 is 14.5 Å². The van der Waals surface area contributed by atoms with E-state index in [9.17, 15) is 0 Å². The largest absolute Gasteiger partial charge is 0.497 e. The molecule has 0 fully saturated rings. The maximum atomic E-state index is 5.86. The molecule has 4 rings (SSSR count). The van der Waals surface area contributed by atoms with E-state index in [1.165, 1.54) is 0 Å². The van der Waals surface area contributed by atoms with Crippen LogP contribution >= 0.6 is 0 Å². The Labute approximate surface area is 146 Å². The fraction of sp³-hybridized carbons (Fsp3) is 0.0952. The topological polar surface area (TPSA) is 47.1 Å². The molecule has 25 heavy (non-hydrogen) atoms. The van der Waals surface area contributed by atoms with Crippen molar-refractivity contribution in [1.29, 1.82) is 0 Å². The molecule has 1 N–H and O–H groups in total. The summed E-state index contributed by atoms with van der Waals surface area (Å²) in [5, 5.41) is 0. The Morgan fingerprint density at radius 3 is 2.52 bits per heavy atom. The van der Waals surface area contributed by atoms with Crippen molar-refractivity contribution < 1.29 is 9.47 Å². The first kappa shape index (κ1) is 15.3. The number of aromatic nitrogens is 2. The molecule has 0 unspecified atom stereocenters. The molecule has 0 saturated heterocycles. The standard InChI is InChI=1S/C21H18N2O2/c1-24-18-6-4-5-15(13-18)14-25-17-11-9-16(10-12-17)21-22-19-7-2-3-8-20(19)23-21/h2-13H,14H2,1H3,(H,22,23). The van der Waals surface area contributed by atoms with E-state index in [1.54, 1.807) is 7.11 Å². The van der Waals surface area contributed by atoms with Gasteiger partial charge in [0.25, 0.3) is 0 Å². The molecule has 4 aromatic rings. The number of fused-ring (bicyclic) bond motifs is 1. The maximum absolute atomic E-state index is 5.86. The highest BCUT2D eigenvalue weighted by Crippen LogP contribution is 2.23. The highest BCUT2D eigenvalue weighted by Gasteiger charge is 2.05. The number of ether oxygens (including phenoxy) is 2. The molecule has 0 spiro atoms. The van der Waals surface area contributed by atoms with Crippen LogP contribution in [-0.2, 0) is 6.61 Å². The van der Waals surface area contributed by atoms with Crippen molar-refractivity contribution in [3.8, 4) is 22.9 Å². The Hall–Kier alpha value is -3.27. The van der Waals surface area contributed by atoms with Crippen molar-refractivity contribution in [2.24, 2.45) is 0 Å². The second kappa shape index (κ2) is 6.69. The minimum Gasteiger partial charge on any atom is -0.497 e. The zero-order valence-corrected chi connectivity index (χ0v) is 13.9. The van der Waals surface area contributed by atoms with E-state index in [4.69, 9.17) is 9.47 Å².